The first-order valence-corrected chi connectivity index (χ1v) is 6.94. The van der Waals surface area contributed by atoms with Gasteiger partial charge in [-0.2, -0.15) is 8.78 Å². The minimum absolute atomic E-state index is 0.00492. The van der Waals surface area contributed by atoms with Gasteiger partial charge in [-0.1, -0.05) is 6.08 Å². The zero-order valence-electron chi connectivity index (χ0n) is 12.7. The number of phenolic OH excluding ortho intramolecular Hbond substituents is 1. The number of halogens is 2. The number of ether oxygens (including phenoxy) is 1. The second-order valence-corrected chi connectivity index (χ2v) is 5.10. The maximum atomic E-state index is 12.1. The first-order valence-electron chi connectivity index (χ1n) is 6.94. The second kappa shape index (κ2) is 7.05. The predicted octanol–water partition coefficient (Wildman–Crippen LogP) is 4.51. The van der Waals surface area contributed by atoms with E-state index < -0.39 is 6.61 Å². The molecule has 0 amide bonds. The summed E-state index contributed by atoms with van der Waals surface area (Å²) < 4.78 is 28.4. The summed E-state index contributed by atoms with van der Waals surface area (Å²) in [4.78, 5) is 12.1. The number of benzene rings is 2. The maximum absolute atomic E-state index is 12.1. The number of hydrogen-bond acceptors (Lipinski definition) is 3. The molecule has 120 valence electrons. The van der Waals surface area contributed by atoms with Gasteiger partial charge in [0.25, 0.3) is 0 Å². The lowest BCUT2D eigenvalue weighted by Crippen LogP contribution is -2.02. The van der Waals surface area contributed by atoms with Crippen molar-refractivity contribution in [3.8, 4) is 11.5 Å². The summed E-state index contributed by atoms with van der Waals surface area (Å²) in [6, 6.07) is 9.04. The highest BCUT2D eigenvalue weighted by Gasteiger charge is 2.07. The quantitative estimate of drug-likeness (QED) is 0.652. The van der Waals surface area contributed by atoms with Crippen LogP contribution in [0.2, 0.25) is 0 Å². The first kappa shape index (κ1) is 16.7. The molecule has 0 heterocycles. The Morgan fingerprint density at radius 3 is 2.22 bits per heavy atom. The summed E-state index contributed by atoms with van der Waals surface area (Å²) in [5.74, 6) is -0.00890. The van der Waals surface area contributed by atoms with E-state index in [1.165, 1.54) is 30.3 Å². The van der Waals surface area contributed by atoms with Crippen LogP contribution in [0, 0.1) is 13.8 Å². The van der Waals surface area contributed by atoms with E-state index in [9.17, 15) is 18.7 Å². The fraction of sp³-hybridized carbons (Fsp3) is 0.167. The molecule has 0 unspecified atom stereocenters. The van der Waals surface area contributed by atoms with Crippen LogP contribution in [0.5, 0.6) is 11.5 Å². The van der Waals surface area contributed by atoms with Crippen molar-refractivity contribution in [3.05, 3.63) is 64.7 Å². The van der Waals surface area contributed by atoms with Gasteiger partial charge in [0.2, 0.25) is 0 Å². The summed E-state index contributed by atoms with van der Waals surface area (Å²) in [7, 11) is 0. The Hall–Kier alpha value is -2.69. The van der Waals surface area contributed by atoms with Gasteiger partial charge in [0.15, 0.2) is 5.78 Å². The number of aromatic hydroxyl groups is 1. The van der Waals surface area contributed by atoms with E-state index in [1.807, 2.05) is 0 Å². The molecule has 0 spiro atoms. The molecule has 23 heavy (non-hydrogen) atoms. The number of ketones is 1. The van der Waals surface area contributed by atoms with Gasteiger partial charge in [-0.15, -0.1) is 0 Å². The molecule has 2 rings (SSSR count). The van der Waals surface area contributed by atoms with Crippen molar-refractivity contribution in [2.75, 3.05) is 0 Å². The molecule has 0 saturated carbocycles. The summed E-state index contributed by atoms with van der Waals surface area (Å²) in [5.41, 5.74) is 2.62. The van der Waals surface area contributed by atoms with Gasteiger partial charge in [-0.3, -0.25) is 4.79 Å². The van der Waals surface area contributed by atoms with Crippen LogP contribution < -0.4 is 4.74 Å². The number of phenols is 1. The Labute approximate surface area is 132 Å². The Kier molecular flexibility index (Phi) is 5.11. The molecule has 0 radical (unpaired) electrons. The van der Waals surface area contributed by atoms with E-state index in [0.29, 0.717) is 5.56 Å². The van der Waals surface area contributed by atoms with Crippen LogP contribution in [0.3, 0.4) is 0 Å². The number of alkyl halides is 2. The molecular weight excluding hydrogens is 302 g/mol. The average molecular weight is 318 g/mol. The standard InChI is InChI=1S/C18H16F2O3/c1-11-9-13(10-12(2)17(11)22)3-8-16(21)14-4-6-15(7-5-14)23-18(19)20/h3-10,18,22H,1-2H3/b8-3+. The molecule has 0 saturated heterocycles. The smallest absolute Gasteiger partial charge is 0.387 e. The van der Waals surface area contributed by atoms with Crippen molar-refractivity contribution in [3.63, 3.8) is 0 Å². The van der Waals surface area contributed by atoms with E-state index in [4.69, 9.17) is 0 Å². The van der Waals surface area contributed by atoms with E-state index in [1.54, 1.807) is 32.1 Å². The SMILES string of the molecule is Cc1cc(/C=C/C(=O)c2ccc(OC(F)F)cc2)cc(C)c1O. The summed E-state index contributed by atoms with van der Waals surface area (Å²) >= 11 is 0. The molecule has 3 nitrogen and oxygen atoms in total. The van der Waals surface area contributed by atoms with Crippen molar-refractivity contribution in [2.45, 2.75) is 20.5 Å². The van der Waals surface area contributed by atoms with Crippen molar-refractivity contribution in [1.29, 1.82) is 0 Å². The molecule has 0 fully saturated rings. The van der Waals surface area contributed by atoms with Gasteiger partial charge in [-0.25, -0.2) is 0 Å². The summed E-state index contributed by atoms with van der Waals surface area (Å²) in [5, 5.41) is 9.72. The van der Waals surface area contributed by atoms with Crippen LogP contribution in [-0.2, 0) is 0 Å². The number of hydrogen-bond donors (Lipinski definition) is 1. The number of carbonyl (C=O) groups excluding carboxylic acids is 1. The highest BCUT2D eigenvalue weighted by atomic mass is 19.3. The minimum Gasteiger partial charge on any atom is -0.507 e. The lowest BCUT2D eigenvalue weighted by atomic mass is 10.0. The Bertz CT molecular complexity index is 711. The Morgan fingerprint density at radius 2 is 1.70 bits per heavy atom. The topological polar surface area (TPSA) is 46.5 Å². The van der Waals surface area contributed by atoms with Crippen LogP contribution in [0.15, 0.2) is 42.5 Å². The van der Waals surface area contributed by atoms with Crippen LogP contribution in [0.1, 0.15) is 27.0 Å². The molecule has 0 aliphatic heterocycles. The van der Waals surface area contributed by atoms with Gasteiger partial charge in [0.05, 0.1) is 0 Å². The number of rotatable bonds is 5. The molecule has 5 heteroatoms. The molecule has 2 aromatic carbocycles. The zero-order chi connectivity index (χ0) is 17.0. The maximum Gasteiger partial charge on any atom is 0.387 e. The molecule has 0 aromatic heterocycles. The fourth-order valence-corrected chi connectivity index (χ4v) is 2.15. The van der Waals surface area contributed by atoms with Crippen molar-refractivity contribution in [2.24, 2.45) is 0 Å². The summed E-state index contributed by atoms with van der Waals surface area (Å²) in [6.45, 7) is 0.671. The molecule has 0 bridgehead atoms. The number of carbonyl (C=O) groups is 1. The lowest BCUT2D eigenvalue weighted by Gasteiger charge is -2.05. The van der Waals surface area contributed by atoms with Crippen molar-refractivity contribution < 1.29 is 23.4 Å². The van der Waals surface area contributed by atoms with E-state index in [-0.39, 0.29) is 17.3 Å². The van der Waals surface area contributed by atoms with Gasteiger partial charge >= 0.3 is 6.61 Å². The monoisotopic (exact) mass is 318 g/mol. The largest absolute Gasteiger partial charge is 0.507 e. The fourth-order valence-electron chi connectivity index (χ4n) is 2.15. The zero-order valence-corrected chi connectivity index (χ0v) is 12.7. The van der Waals surface area contributed by atoms with Gasteiger partial charge in [-0.05, 0) is 73.0 Å². The van der Waals surface area contributed by atoms with E-state index in [2.05, 4.69) is 4.74 Å². The third-order valence-corrected chi connectivity index (χ3v) is 3.30. The van der Waals surface area contributed by atoms with Crippen LogP contribution >= 0.6 is 0 Å². The Balaban J connectivity index is 2.12. The highest BCUT2D eigenvalue weighted by molar-refractivity contribution is 6.06. The van der Waals surface area contributed by atoms with Gasteiger partial charge in [0.1, 0.15) is 11.5 Å². The third-order valence-electron chi connectivity index (χ3n) is 3.30. The summed E-state index contributed by atoms with van der Waals surface area (Å²) in [6.07, 6.45) is 3.04. The van der Waals surface area contributed by atoms with Crippen LogP contribution in [-0.4, -0.2) is 17.5 Å². The second-order valence-electron chi connectivity index (χ2n) is 5.10. The molecule has 0 aliphatic rings. The minimum atomic E-state index is -2.89. The van der Waals surface area contributed by atoms with Gasteiger partial charge < -0.3 is 9.84 Å². The highest BCUT2D eigenvalue weighted by Crippen LogP contribution is 2.23. The van der Waals surface area contributed by atoms with Crippen molar-refractivity contribution in [1.82, 2.24) is 0 Å². The Morgan fingerprint density at radius 1 is 1.13 bits per heavy atom. The molecule has 0 atom stereocenters. The first-order chi connectivity index (χ1) is 10.9. The van der Waals surface area contributed by atoms with Crippen molar-refractivity contribution >= 4 is 11.9 Å². The molecular formula is C18H16F2O3. The number of allylic oxidation sites excluding steroid dienone is 1. The van der Waals surface area contributed by atoms with Crippen LogP contribution in [0.25, 0.3) is 6.08 Å². The molecule has 2 aromatic rings. The molecule has 1 N–H and O–H groups in total. The molecule has 0 aliphatic carbocycles. The van der Waals surface area contributed by atoms with E-state index >= 15 is 0 Å². The van der Waals surface area contributed by atoms with Crippen LogP contribution in [0.4, 0.5) is 8.78 Å². The normalized spacial score (nSPS) is 11.2. The predicted molar refractivity (Wildman–Crippen MR) is 84.0 cm³/mol. The average Bonchev–Trinajstić information content (AvgIpc) is 2.50. The third kappa shape index (κ3) is 4.39. The van der Waals surface area contributed by atoms with E-state index in [0.717, 1.165) is 16.7 Å². The van der Waals surface area contributed by atoms with Gasteiger partial charge in [0, 0.05) is 5.56 Å². The lowest BCUT2D eigenvalue weighted by molar-refractivity contribution is -0.0498. The number of aryl methyl sites for hydroxylation is 2.